The number of thiophene rings is 1. The Bertz CT molecular complexity index is 701. The molecular formula is C21H32N2O3S. The van der Waals surface area contributed by atoms with Crippen molar-refractivity contribution in [2.75, 3.05) is 6.54 Å². The van der Waals surface area contributed by atoms with Crippen molar-refractivity contribution in [2.45, 2.75) is 83.9 Å². The summed E-state index contributed by atoms with van der Waals surface area (Å²) in [5, 5.41) is 15.6. The van der Waals surface area contributed by atoms with Gasteiger partial charge in [0.15, 0.2) is 0 Å². The Morgan fingerprint density at radius 2 is 2.07 bits per heavy atom. The van der Waals surface area contributed by atoms with Gasteiger partial charge in [0.2, 0.25) is 5.91 Å². The van der Waals surface area contributed by atoms with E-state index in [2.05, 4.69) is 26.1 Å². The van der Waals surface area contributed by atoms with Crippen molar-refractivity contribution in [3.05, 3.63) is 21.9 Å². The molecule has 1 aromatic rings. The number of aliphatic hydroxyl groups excluding tert-OH is 1. The number of carbonyl (C=O) groups is 2. The Hall–Kier alpha value is -1.40. The fraction of sp³-hybridized carbons (Fsp3) is 0.714. The van der Waals surface area contributed by atoms with Gasteiger partial charge in [0, 0.05) is 35.2 Å². The third-order valence-corrected chi connectivity index (χ3v) is 7.68. The highest BCUT2D eigenvalue weighted by Crippen LogP contribution is 2.48. The molecule has 1 aliphatic carbocycles. The highest BCUT2D eigenvalue weighted by atomic mass is 32.1. The summed E-state index contributed by atoms with van der Waals surface area (Å²) in [6.07, 6.45) is 4.12. The largest absolute Gasteiger partial charge is 0.392 e. The van der Waals surface area contributed by atoms with E-state index in [1.807, 2.05) is 16.3 Å². The second-order valence-electron chi connectivity index (χ2n) is 8.71. The molecule has 0 bridgehead atoms. The predicted octanol–water partition coefficient (Wildman–Crippen LogP) is 3.53. The zero-order valence-electron chi connectivity index (χ0n) is 16.8. The van der Waals surface area contributed by atoms with Crippen LogP contribution in [0.1, 0.15) is 81.0 Å². The molecule has 2 N–H and O–H groups in total. The van der Waals surface area contributed by atoms with Gasteiger partial charge in [-0.3, -0.25) is 9.59 Å². The van der Waals surface area contributed by atoms with Crippen LogP contribution in [0.4, 0.5) is 0 Å². The lowest BCUT2D eigenvalue weighted by Crippen LogP contribution is -2.48. The minimum Gasteiger partial charge on any atom is -0.392 e. The lowest BCUT2D eigenvalue weighted by molar-refractivity contribution is -0.133. The van der Waals surface area contributed by atoms with Gasteiger partial charge in [-0.25, -0.2) is 0 Å². The van der Waals surface area contributed by atoms with E-state index in [-0.39, 0.29) is 29.3 Å². The van der Waals surface area contributed by atoms with Crippen LogP contribution in [-0.2, 0) is 4.79 Å². The van der Waals surface area contributed by atoms with Gasteiger partial charge in [-0.2, -0.15) is 0 Å². The van der Waals surface area contributed by atoms with E-state index >= 15 is 0 Å². The Morgan fingerprint density at radius 1 is 1.37 bits per heavy atom. The molecule has 3 rings (SSSR count). The number of carbonyl (C=O) groups excluding carboxylic acids is 2. The number of nitrogens with one attached hydrogen (secondary N) is 1. The summed E-state index contributed by atoms with van der Waals surface area (Å²) in [6, 6.07) is 1.96. The van der Waals surface area contributed by atoms with Crippen molar-refractivity contribution < 1.29 is 14.7 Å². The summed E-state index contributed by atoms with van der Waals surface area (Å²) in [6.45, 7) is 8.38. The smallest absolute Gasteiger partial charge is 0.252 e. The molecule has 2 heterocycles. The summed E-state index contributed by atoms with van der Waals surface area (Å²) in [5.41, 5.74) is 0.404. The maximum absolute atomic E-state index is 12.6. The molecule has 2 amide bonds. The molecule has 27 heavy (non-hydrogen) atoms. The Labute approximate surface area is 166 Å². The van der Waals surface area contributed by atoms with E-state index in [0.717, 1.165) is 32.1 Å². The standard InChI is InChI=1S/C21H32N2O3S/c1-13(2)17-9-15(12-27-17)20(26)22-11-16-10-21(4)18(23(16)14(3)24)7-5-6-8-19(21)25/h9,12-13,16,18-19,25H,5-8,10-11H2,1-4H3,(H,22,26)/t16-,18-,19+,21-/m1/s1. The first-order valence-corrected chi connectivity index (χ1v) is 11.0. The molecule has 0 radical (unpaired) electrons. The van der Waals surface area contributed by atoms with Crippen LogP contribution >= 0.6 is 11.3 Å². The van der Waals surface area contributed by atoms with Gasteiger partial charge in [-0.05, 0) is 31.2 Å². The summed E-state index contributed by atoms with van der Waals surface area (Å²) in [7, 11) is 0. The van der Waals surface area contributed by atoms with E-state index in [0.29, 0.717) is 18.0 Å². The molecule has 2 aliphatic rings. The minimum absolute atomic E-state index is 0.0368. The summed E-state index contributed by atoms with van der Waals surface area (Å²) < 4.78 is 0. The van der Waals surface area contributed by atoms with Crippen molar-refractivity contribution in [1.82, 2.24) is 10.2 Å². The second kappa shape index (κ2) is 7.92. The number of nitrogens with zero attached hydrogens (tertiary/aromatic N) is 1. The topological polar surface area (TPSA) is 69.6 Å². The molecule has 1 saturated carbocycles. The number of aliphatic hydroxyl groups is 1. The van der Waals surface area contributed by atoms with Gasteiger partial charge in [0.05, 0.1) is 17.7 Å². The summed E-state index contributed by atoms with van der Waals surface area (Å²) in [4.78, 5) is 28.1. The van der Waals surface area contributed by atoms with Crippen molar-refractivity contribution in [3.8, 4) is 0 Å². The Morgan fingerprint density at radius 3 is 2.70 bits per heavy atom. The van der Waals surface area contributed by atoms with Crippen molar-refractivity contribution in [1.29, 1.82) is 0 Å². The van der Waals surface area contributed by atoms with Gasteiger partial charge in [0.25, 0.3) is 5.91 Å². The summed E-state index contributed by atoms with van der Waals surface area (Å²) in [5.74, 6) is 0.363. The molecule has 1 aliphatic heterocycles. The molecule has 1 aromatic heterocycles. The molecule has 1 saturated heterocycles. The average molecular weight is 393 g/mol. The average Bonchev–Trinajstić information content (AvgIpc) is 3.17. The minimum atomic E-state index is -0.391. The van der Waals surface area contributed by atoms with Crippen LogP contribution in [0.3, 0.4) is 0 Å². The third-order valence-electron chi connectivity index (χ3n) is 6.45. The van der Waals surface area contributed by atoms with Crippen molar-refractivity contribution in [3.63, 3.8) is 0 Å². The number of hydrogen-bond donors (Lipinski definition) is 2. The van der Waals surface area contributed by atoms with Crippen LogP contribution in [0, 0.1) is 5.41 Å². The number of hydrogen-bond acceptors (Lipinski definition) is 4. The molecule has 6 heteroatoms. The van der Waals surface area contributed by atoms with E-state index in [1.54, 1.807) is 18.3 Å². The predicted molar refractivity (Wildman–Crippen MR) is 108 cm³/mol. The van der Waals surface area contributed by atoms with Crippen LogP contribution in [0.25, 0.3) is 0 Å². The second-order valence-corrected chi connectivity index (χ2v) is 9.65. The molecule has 4 atom stereocenters. The highest BCUT2D eigenvalue weighted by Gasteiger charge is 2.54. The van der Waals surface area contributed by atoms with E-state index in [9.17, 15) is 14.7 Å². The van der Waals surface area contributed by atoms with Gasteiger partial charge < -0.3 is 15.3 Å². The van der Waals surface area contributed by atoms with Gasteiger partial charge in [0.1, 0.15) is 0 Å². The quantitative estimate of drug-likeness (QED) is 0.823. The first kappa shape index (κ1) is 20.3. The molecule has 5 nitrogen and oxygen atoms in total. The van der Waals surface area contributed by atoms with Crippen LogP contribution in [0.5, 0.6) is 0 Å². The van der Waals surface area contributed by atoms with Gasteiger partial charge in [-0.15, -0.1) is 11.3 Å². The Kier molecular flexibility index (Phi) is 5.96. The number of fused-ring (bicyclic) bond motifs is 1. The number of likely N-dealkylation sites (tertiary alicyclic amines) is 1. The van der Waals surface area contributed by atoms with Crippen LogP contribution in [0.15, 0.2) is 11.4 Å². The van der Waals surface area contributed by atoms with E-state index in [1.165, 1.54) is 4.88 Å². The fourth-order valence-electron chi connectivity index (χ4n) is 4.88. The molecule has 0 unspecified atom stereocenters. The first-order valence-electron chi connectivity index (χ1n) is 10.1. The van der Waals surface area contributed by atoms with Gasteiger partial charge in [-0.1, -0.05) is 33.6 Å². The van der Waals surface area contributed by atoms with E-state index < -0.39 is 6.10 Å². The van der Waals surface area contributed by atoms with Crippen molar-refractivity contribution in [2.24, 2.45) is 5.41 Å². The normalized spacial score (nSPS) is 30.9. The fourth-order valence-corrected chi connectivity index (χ4v) is 5.79. The molecule has 0 aromatic carbocycles. The monoisotopic (exact) mass is 392 g/mol. The number of amides is 2. The highest BCUT2D eigenvalue weighted by molar-refractivity contribution is 7.10. The van der Waals surface area contributed by atoms with Crippen LogP contribution in [-0.4, -0.2) is 46.6 Å². The third kappa shape index (κ3) is 3.92. The SMILES string of the molecule is CC(=O)N1[C@@H](CNC(=O)c2csc(C(C)C)c2)C[C@@]2(C)[C@@H](O)CCCC[C@@H]12. The molecule has 150 valence electrons. The number of rotatable bonds is 4. The van der Waals surface area contributed by atoms with Gasteiger partial charge >= 0.3 is 0 Å². The summed E-state index contributed by atoms with van der Waals surface area (Å²) >= 11 is 1.61. The van der Waals surface area contributed by atoms with Crippen molar-refractivity contribution >= 4 is 23.2 Å². The lowest BCUT2D eigenvalue weighted by atomic mass is 9.75. The van der Waals surface area contributed by atoms with E-state index in [4.69, 9.17) is 0 Å². The maximum Gasteiger partial charge on any atom is 0.252 e. The van der Waals surface area contributed by atoms with Crippen LogP contribution < -0.4 is 5.32 Å². The molecular weight excluding hydrogens is 360 g/mol. The zero-order chi connectivity index (χ0) is 19.8. The first-order chi connectivity index (χ1) is 12.7. The lowest BCUT2D eigenvalue weighted by Gasteiger charge is -2.37. The Balaban J connectivity index is 1.71. The van der Waals surface area contributed by atoms with Crippen LogP contribution in [0.2, 0.25) is 0 Å². The molecule has 2 fully saturated rings. The molecule has 0 spiro atoms. The zero-order valence-corrected chi connectivity index (χ0v) is 17.6. The maximum atomic E-state index is 12.6.